The maximum atomic E-state index is 5.78. The summed E-state index contributed by atoms with van der Waals surface area (Å²) in [6.45, 7) is 0. The molecule has 12 heavy (non-hydrogen) atoms. The molecule has 2 aliphatic rings. The normalized spacial score (nSPS) is 32.8. The van der Waals surface area contributed by atoms with E-state index in [9.17, 15) is 0 Å². The second-order valence-corrected chi connectivity index (χ2v) is 4.89. The first kappa shape index (κ1) is 8.49. The molecule has 0 aliphatic heterocycles. The Morgan fingerprint density at radius 3 is 2.50 bits per heavy atom. The highest BCUT2D eigenvalue weighted by atomic mass is 32.1. The van der Waals surface area contributed by atoms with Gasteiger partial charge in [-0.05, 0) is 31.1 Å². The van der Waals surface area contributed by atoms with E-state index in [1.165, 1.54) is 44.9 Å². The lowest BCUT2D eigenvalue weighted by Crippen LogP contribution is -2.28. The SMILES string of the molecule is NC(=S)[C@@H]1CCCCCC12CC2. The minimum Gasteiger partial charge on any atom is -0.393 e. The van der Waals surface area contributed by atoms with E-state index < -0.39 is 0 Å². The molecule has 68 valence electrons. The van der Waals surface area contributed by atoms with Crippen LogP contribution in [0, 0.1) is 11.3 Å². The molecule has 0 aromatic carbocycles. The fraction of sp³-hybridized carbons (Fsp3) is 0.900. The Bertz CT molecular complexity index is 196. The Balaban J connectivity index is 2.11. The lowest BCUT2D eigenvalue weighted by atomic mass is 9.85. The van der Waals surface area contributed by atoms with Gasteiger partial charge in [0.2, 0.25) is 0 Å². The first-order valence-electron chi connectivity index (χ1n) is 5.04. The summed E-state index contributed by atoms with van der Waals surface area (Å²) in [5.74, 6) is 0.579. The van der Waals surface area contributed by atoms with Crippen LogP contribution in [0.2, 0.25) is 0 Å². The Morgan fingerprint density at radius 1 is 1.17 bits per heavy atom. The van der Waals surface area contributed by atoms with Crippen molar-refractivity contribution in [3.8, 4) is 0 Å². The highest BCUT2D eigenvalue weighted by molar-refractivity contribution is 7.80. The molecule has 0 amide bonds. The smallest absolute Gasteiger partial charge is 0.0764 e. The molecule has 0 aromatic heterocycles. The van der Waals surface area contributed by atoms with Gasteiger partial charge < -0.3 is 5.73 Å². The average Bonchev–Trinajstić information content (AvgIpc) is 2.80. The van der Waals surface area contributed by atoms with Gasteiger partial charge in [-0.2, -0.15) is 0 Å². The molecule has 0 saturated heterocycles. The molecular weight excluding hydrogens is 166 g/mol. The third kappa shape index (κ3) is 1.37. The summed E-state index contributed by atoms with van der Waals surface area (Å²) in [6.07, 6.45) is 9.54. The van der Waals surface area contributed by atoms with E-state index in [0.717, 1.165) is 4.99 Å². The van der Waals surface area contributed by atoms with Gasteiger partial charge in [0, 0.05) is 5.92 Å². The third-order valence-electron chi connectivity index (χ3n) is 3.64. The second kappa shape index (κ2) is 2.99. The van der Waals surface area contributed by atoms with E-state index in [4.69, 9.17) is 18.0 Å². The second-order valence-electron chi connectivity index (χ2n) is 4.42. The molecule has 2 fully saturated rings. The van der Waals surface area contributed by atoms with Crippen LogP contribution in [0.25, 0.3) is 0 Å². The van der Waals surface area contributed by atoms with Crippen molar-refractivity contribution < 1.29 is 0 Å². The van der Waals surface area contributed by atoms with E-state index in [2.05, 4.69) is 0 Å². The van der Waals surface area contributed by atoms with Crippen LogP contribution in [-0.2, 0) is 0 Å². The van der Waals surface area contributed by atoms with Gasteiger partial charge in [-0.3, -0.25) is 0 Å². The topological polar surface area (TPSA) is 26.0 Å². The maximum Gasteiger partial charge on any atom is 0.0764 e. The van der Waals surface area contributed by atoms with Crippen molar-refractivity contribution >= 4 is 17.2 Å². The molecular formula is C10H17NS. The predicted molar refractivity (Wildman–Crippen MR) is 55.0 cm³/mol. The quantitative estimate of drug-likeness (QED) is 0.632. The van der Waals surface area contributed by atoms with Crippen molar-refractivity contribution in [1.29, 1.82) is 0 Å². The molecule has 2 saturated carbocycles. The molecule has 2 heteroatoms. The zero-order chi connectivity index (χ0) is 8.60. The zero-order valence-corrected chi connectivity index (χ0v) is 8.33. The van der Waals surface area contributed by atoms with Crippen LogP contribution >= 0.6 is 12.2 Å². The summed E-state index contributed by atoms with van der Waals surface area (Å²) in [7, 11) is 0. The maximum absolute atomic E-state index is 5.78. The zero-order valence-electron chi connectivity index (χ0n) is 7.51. The van der Waals surface area contributed by atoms with Crippen molar-refractivity contribution in [3.63, 3.8) is 0 Å². The van der Waals surface area contributed by atoms with Crippen molar-refractivity contribution in [2.45, 2.75) is 44.9 Å². The van der Waals surface area contributed by atoms with E-state index in [1.807, 2.05) is 0 Å². The van der Waals surface area contributed by atoms with Gasteiger partial charge in [0.15, 0.2) is 0 Å². The Hall–Kier alpha value is -0.110. The fourth-order valence-corrected chi connectivity index (χ4v) is 3.05. The predicted octanol–water partition coefficient (Wildman–Crippen LogP) is 2.63. The molecule has 0 unspecified atom stereocenters. The summed E-state index contributed by atoms with van der Waals surface area (Å²) >= 11 is 5.14. The number of nitrogens with two attached hydrogens (primary N) is 1. The van der Waals surface area contributed by atoms with Gasteiger partial charge in [0.05, 0.1) is 4.99 Å². The van der Waals surface area contributed by atoms with Crippen LogP contribution in [0.1, 0.15) is 44.9 Å². The van der Waals surface area contributed by atoms with E-state index >= 15 is 0 Å². The number of thiocarbonyl (C=S) groups is 1. The molecule has 1 atom stereocenters. The van der Waals surface area contributed by atoms with Gasteiger partial charge in [-0.25, -0.2) is 0 Å². The Morgan fingerprint density at radius 2 is 1.92 bits per heavy atom. The van der Waals surface area contributed by atoms with Crippen LogP contribution in [0.4, 0.5) is 0 Å². The Kier molecular flexibility index (Phi) is 2.11. The van der Waals surface area contributed by atoms with E-state index in [0.29, 0.717) is 11.3 Å². The van der Waals surface area contributed by atoms with Crippen molar-refractivity contribution in [2.24, 2.45) is 17.1 Å². The average molecular weight is 183 g/mol. The van der Waals surface area contributed by atoms with Crippen LogP contribution < -0.4 is 5.73 Å². The van der Waals surface area contributed by atoms with Crippen molar-refractivity contribution in [2.75, 3.05) is 0 Å². The van der Waals surface area contributed by atoms with Crippen molar-refractivity contribution in [1.82, 2.24) is 0 Å². The van der Waals surface area contributed by atoms with Gasteiger partial charge in [0.1, 0.15) is 0 Å². The summed E-state index contributed by atoms with van der Waals surface area (Å²) in [6, 6.07) is 0. The number of hydrogen-bond acceptors (Lipinski definition) is 1. The molecule has 2 aliphatic carbocycles. The van der Waals surface area contributed by atoms with Gasteiger partial charge in [-0.1, -0.05) is 31.5 Å². The van der Waals surface area contributed by atoms with Crippen LogP contribution in [-0.4, -0.2) is 4.99 Å². The largest absolute Gasteiger partial charge is 0.393 e. The highest BCUT2D eigenvalue weighted by Gasteiger charge is 2.49. The molecule has 0 radical (unpaired) electrons. The summed E-state index contributed by atoms with van der Waals surface area (Å²) in [5, 5.41) is 0. The number of hydrogen-bond donors (Lipinski definition) is 1. The first-order valence-corrected chi connectivity index (χ1v) is 5.45. The van der Waals surface area contributed by atoms with Crippen LogP contribution in [0.15, 0.2) is 0 Å². The third-order valence-corrected chi connectivity index (χ3v) is 3.93. The van der Waals surface area contributed by atoms with Crippen molar-refractivity contribution in [3.05, 3.63) is 0 Å². The monoisotopic (exact) mass is 183 g/mol. The lowest BCUT2D eigenvalue weighted by molar-refractivity contribution is 0.370. The van der Waals surface area contributed by atoms with Gasteiger partial charge in [0.25, 0.3) is 0 Å². The van der Waals surface area contributed by atoms with Gasteiger partial charge >= 0.3 is 0 Å². The molecule has 1 spiro atoms. The highest BCUT2D eigenvalue weighted by Crippen LogP contribution is 2.58. The lowest BCUT2D eigenvalue weighted by Gasteiger charge is -2.22. The molecule has 2 rings (SSSR count). The molecule has 1 nitrogen and oxygen atoms in total. The summed E-state index contributed by atoms with van der Waals surface area (Å²) in [5.41, 5.74) is 6.37. The summed E-state index contributed by atoms with van der Waals surface area (Å²) < 4.78 is 0. The minimum absolute atomic E-state index is 0.579. The minimum atomic E-state index is 0.579. The molecule has 0 aromatic rings. The van der Waals surface area contributed by atoms with Crippen LogP contribution in [0.3, 0.4) is 0 Å². The standard InChI is InChI=1S/C10H17NS/c11-9(12)8-4-2-1-3-5-10(8)6-7-10/h8H,1-7H2,(H2,11,12)/t8-/m0/s1. The first-order chi connectivity index (χ1) is 5.75. The molecule has 0 heterocycles. The van der Waals surface area contributed by atoms with Gasteiger partial charge in [-0.15, -0.1) is 0 Å². The fourth-order valence-electron chi connectivity index (χ4n) is 2.69. The Labute approximate surface area is 79.7 Å². The van der Waals surface area contributed by atoms with E-state index in [-0.39, 0.29) is 0 Å². The molecule has 2 N–H and O–H groups in total. The summed E-state index contributed by atoms with van der Waals surface area (Å²) in [4.78, 5) is 0.786. The number of rotatable bonds is 1. The van der Waals surface area contributed by atoms with E-state index in [1.54, 1.807) is 0 Å². The molecule has 0 bridgehead atoms. The van der Waals surface area contributed by atoms with Crippen LogP contribution in [0.5, 0.6) is 0 Å².